The van der Waals surface area contributed by atoms with Gasteiger partial charge >= 0.3 is 6.03 Å². The smallest absolute Gasteiger partial charge is 0.325 e. The number of hydrogen-bond donors (Lipinski definition) is 2. The molecule has 0 bridgehead atoms. The minimum absolute atomic E-state index is 0.259. The maximum absolute atomic E-state index is 13.2. The molecule has 178 valence electrons. The first-order chi connectivity index (χ1) is 16.3. The van der Waals surface area contributed by atoms with E-state index in [1.165, 1.54) is 0 Å². The summed E-state index contributed by atoms with van der Waals surface area (Å²) in [6, 6.07) is 8.99. The molecule has 0 spiro atoms. The van der Waals surface area contributed by atoms with E-state index in [1.807, 2.05) is 0 Å². The third kappa shape index (κ3) is 5.50. The predicted molar refractivity (Wildman–Crippen MR) is 129 cm³/mol. The fraction of sp³-hybridized carbons (Fsp3) is 0.320. The van der Waals surface area contributed by atoms with E-state index in [2.05, 4.69) is 16.6 Å². The van der Waals surface area contributed by atoms with Gasteiger partial charge in [-0.15, -0.1) is 6.42 Å². The number of hydrogen-bond acceptors (Lipinski definition) is 5. The van der Waals surface area contributed by atoms with Crippen molar-refractivity contribution in [1.29, 1.82) is 0 Å². The zero-order chi connectivity index (χ0) is 24.8. The molecule has 0 saturated carbocycles. The van der Waals surface area contributed by atoms with Crippen molar-refractivity contribution in [3.8, 4) is 18.1 Å². The molecule has 8 nitrogen and oxygen atoms in total. The van der Waals surface area contributed by atoms with Gasteiger partial charge in [0.25, 0.3) is 5.91 Å². The number of nitrogens with zero attached hydrogens (tertiary/aromatic N) is 1. The summed E-state index contributed by atoms with van der Waals surface area (Å²) in [5.74, 6) is 1.68. The normalized spacial score (nSPS) is 16.2. The van der Waals surface area contributed by atoms with E-state index in [1.54, 1.807) is 63.4 Å². The van der Waals surface area contributed by atoms with Gasteiger partial charge in [0.05, 0.1) is 17.3 Å². The second-order valence-corrected chi connectivity index (χ2v) is 8.43. The number of ether oxygens (including phenoxy) is 2. The van der Waals surface area contributed by atoms with Gasteiger partial charge in [-0.25, -0.2) is 9.69 Å². The molecule has 1 heterocycles. The van der Waals surface area contributed by atoms with Crippen LogP contribution in [-0.4, -0.2) is 49.1 Å². The third-order valence-corrected chi connectivity index (χ3v) is 5.63. The summed E-state index contributed by atoms with van der Waals surface area (Å²) >= 11 is 6.22. The lowest BCUT2D eigenvalue weighted by Gasteiger charge is -2.27. The summed E-state index contributed by atoms with van der Waals surface area (Å²) in [6.45, 7) is 4.36. The van der Waals surface area contributed by atoms with Crippen LogP contribution in [0.2, 0.25) is 5.02 Å². The van der Waals surface area contributed by atoms with Crippen LogP contribution in [0.4, 0.5) is 10.5 Å². The minimum Gasteiger partial charge on any atom is -0.491 e. The van der Waals surface area contributed by atoms with Crippen LogP contribution < -0.4 is 15.4 Å². The molecule has 2 aromatic rings. The first-order valence-corrected chi connectivity index (χ1v) is 11.1. The van der Waals surface area contributed by atoms with E-state index < -0.39 is 29.9 Å². The topological polar surface area (TPSA) is 97.0 Å². The van der Waals surface area contributed by atoms with Crippen molar-refractivity contribution < 1.29 is 23.9 Å². The van der Waals surface area contributed by atoms with Crippen LogP contribution in [0.5, 0.6) is 5.75 Å². The Bertz CT molecular complexity index is 1110. The number of nitrogens with one attached hydrogen (secondary N) is 2. The van der Waals surface area contributed by atoms with Gasteiger partial charge in [-0.05, 0) is 41.8 Å². The lowest BCUT2D eigenvalue weighted by Crippen LogP contribution is -2.50. The SMILES string of the molecule is C#Cc1ccc(NC(=O)C(C(C)C)N2C(=O)N[C@H](c3ccc(OCCOC)cc3)C2=O)c(Cl)c1. The summed E-state index contributed by atoms with van der Waals surface area (Å²) in [6.07, 6.45) is 5.37. The zero-order valence-corrected chi connectivity index (χ0v) is 19.9. The lowest BCUT2D eigenvalue weighted by atomic mass is 10.00. The molecule has 3 rings (SSSR count). The van der Waals surface area contributed by atoms with E-state index in [0.29, 0.717) is 35.8 Å². The van der Waals surface area contributed by atoms with Crippen LogP contribution in [0, 0.1) is 18.3 Å². The Hall–Kier alpha value is -3.54. The fourth-order valence-electron chi connectivity index (χ4n) is 3.61. The number of urea groups is 1. The Morgan fingerprint density at radius 2 is 1.91 bits per heavy atom. The van der Waals surface area contributed by atoms with Crippen molar-refractivity contribution >= 4 is 35.1 Å². The van der Waals surface area contributed by atoms with Crippen LogP contribution in [0.25, 0.3) is 0 Å². The maximum Gasteiger partial charge on any atom is 0.325 e. The summed E-state index contributed by atoms with van der Waals surface area (Å²) in [4.78, 5) is 40.1. The van der Waals surface area contributed by atoms with Gasteiger partial charge in [-0.1, -0.05) is 43.5 Å². The molecular formula is C25H26ClN3O5. The highest BCUT2D eigenvalue weighted by atomic mass is 35.5. The van der Waals surface area contributed by atoms with Gasteiger partial charge < -0.3 is 20.1 Å². The maximum atomic E-state index is 13.2. The average Bonchev–Trinajstić information content (AvgIpc) is 3.10. The molecule has 34 heavy (non-hydrogen) atoms. The standard InChI is InChI=1S/C25H26ClN3O5/c1-5-16-6-11-20(19(26)14-16)27-23(30)22(15(2)3)29-24(31)21(28-25(29)32)17-7-9-18(10-8-17)34-13-12-33-4/h1,6-11,14-15,21-22H,12-13H2,2-4H3,(H,27,30)(H,28,32)/t21-,22?/m1/s1. The van der Waals surface area contributed by atoms with E-state index in [4.69, 9.17) is 27.5 Å². The van der Waals surface area contributed by atoms with Gasteiger partial charge in [0.2, 0.25) is 5.91 Å². The predicted octanol–water partition coefficient (Wildman–Crippen LogP) is 3.60. The molecule has 0 aromatic heterocycles. The van der Waals surface area contributed by atoms with Crippen LogP contribution in [0.1, 0.15) is 31.0 Å². The van der Waals surface area contributed by atoms with E-state index >= 15 is 0 Å². The molecule has 1 fully saturated rings. The number of carbonyl (C=O) groups is 3. The van der Waals surface area contributed by atoms with Crippen LogP contribution in [0.15, 0.2) is 42.5 Å². The molecular weight excluding hydrogens is 458 g/mol. The number of anilines is 1. The number of carbonyl (C=O) groups excluding carboxylic acids is 3. The molecule has 9 heteroatoms. The number of imide groups is 1. The zero-order valence-electron chi connectivity index (χ0n) is 19.1. The fourth-order valence-corrected chi connectivity index (χ4v) is 3.84. The van der Waals surface area contributed by atoms with Crippen molar-refractivity contribution in [1.82, 2.24) is 10.2 Å². The Labute approximate surface area is 203 Å². The van der Waals surface area contributed by atoms with Crippen LogP contribution in [0.3, 0.4) is 0 Å². The second kappa shape index (κ2) is 11.1. The number of rotatable bonds is 9. The van der Waals surface area contributed by atoms with E-state index in [-0.39, 0.29) is 10.9 Å². The third-order valence-electron chi connectivity index (χ3n) is 5.31. The molecule has 1 aliphatic heterocycles. The van der Waals surface area contributed by atoms with Gasteiger partial charge in [0.1, 0.15) is 24.4 Å². The monoisotopic (exact) mass is 483 g/mol. The number of halogens is 1. The second-order valence-electron chi connectivity index (χ2n) is 8.02. The molecule has 2 aromatic carbocycles. The van der Waals surface area contributed by atoms with Crippen molar-refractivity contribution in [2.75, 3.05) is 25.6 Å². The highest BCUT2D eigenvalue weighted by Gasteiger charge is 2.46. The molecule has 0 radical (unpaired) electrons. The molecule has 1 saturated heterocycles. The van der Waals surface area contributed by atoms with E-state index in [0.717, 1.165) is 4.90 Å². The summed E-state index contributed by atoms with van der Waals surface area (Å²) in [7, 11) is 1.58. The quantitative estimate of drug-likeness (QED) is 0.322. The van der Waals surface area contributed by atoms with Crippen molar-refractivity contribution in [3.05, 3.63) is 58.6 Å². The first-order valence-electron chi connectivity index (χ1n) is 10.7. The Morgan fingerprint density at radius 1 is 1.21 bits per heavy atom. The summed E-state index contributed by atoms with van der Waals surface area (Å²) in [5.41, 5.74) is 1.48. The molecule has 1 unspecified atom stereocenters. The largest absolute Gasteiger partial charge is 0.491 e. The average molecular weight is 484 g/mol. The molecule has 4 amide bonds. The molecule has 1 aliphatic rings. The van der Waals surface area contributed by atoms with Gasteiger partial charge in [-0.3, -0.25) is 9.59 Å². The van der Waals surface area contributed by atoms with Crippen LogP contribution in [-0.2, 0) is 14.3 Å². The van der Waals surface area contributed by atoms with Crippen molar-refractivity contribution in [3.63, 3.8) is 0 Å². The molecule has 0 aliphatic carbocycles. The van der Waals surface area contributed by atoms with Crippen LogP contribution >= 0.6 is 11.6 Å². The van der Waals surface area contributed by atoms with Crippen molar-refractivity contribution in [2.45, 2.75) is 25.9 Å². The van der Waals surface area contributed by atoms with Gasteiger partial charge in [0, 0.05) is 12.7 Å². The Balaban J connectivity index is 1.77. The Kier molecular flexibility index (Phi) is 8.16. The van der Waals surface area contributed by atoms with Crippen molar-refractivity contribution in [2.24, 2.45) is 5.92 Å². The van der Waals surface area contributed by atoms with E-state index in [9.17, 15) is 14.4 Å². The molecule has 2 N–H and O–H groups in total. The number of benzene rings is 2. The minimum atomic E-state index is -1.04. The Morgan fingerprint density at radius 3 is 2.50 bits per heavy atom. The highest BCUT2D eigenvalue weighted by Crippen LogP contribution is 2.29. The van der Waals surface area contributed by atoms with Gasteiger partial charge in [-0.2, -0.15) is 0 Å². The number of methoxy groups -OCH3 is 1. The number of terminal acetylenes is 1. The first kappa shape index (κ1) is 25.1. The lowest BCUT2D eigenvalue weighted by molar-refractivity contribution is -0.135. The summed E-state index contributed by atoms with van der Waals surface area (Å²) in [5, 5.41) is 5.64. The highest BCUT2D eigenvalue weighted by molar-refractivity contribution is 6.34. The molecule has 2 atom stereocenters. The number of amides is 4. The van der Waals surface area contributed by atoms with Gasteiger partial charge in [0.15, 0.2) is 0 Å². The summed E-state index contributed by atoms with van der Waals surface area (Å²) < 4.78 is 10.5.